The van der Waals surface area contributed by atoms with Crippen molar-refractivity contribution in [2.75, 3.05) is 11.4 Å². The summed E-state index contributed by atoms with van der Waals surface area (Å²) in [6.45, 7) is 3.94. The van der Waals surface area contributed by atoms with Crippen LogP contribution in [-0.4, -0.2) is 50.2 Å². The Morgan fingerprint density at radius 3 is 2.65 bits per heavy atom. The molecule has 0 radical (unpaired) electrons. The molecule has 2 aromatic carbocycles. The number of carbonyl (C=O) groups is 2. The highest BCUT2D eigenvalue weighted by Crippen LogP contribution is 2.35. The van der Waals surface area contributed by atoms with Crippen molar-refractivity contribution in [1.29, 1.82) is 0 Å². The summed E-state index contributed by atoms with van der Waals surface area (Å²) >= 11 is 0. The quantitative estimate of drug-likeness (QED) is 0.420. The van der Waals surface area contributed by atoms with Gasteiger partial charge in [0.25, 0.3) is 17.5 Å². The molecule has 0 saturated carbocycles. The number of nitrogens with zero attached hydrogens (tertiary/aromatic N) is 5. The SMILES string of the molecule is CCC(CC)NC(=O)C1CN(C(=O)c2ccc(-n3cncn3)c([N+](=O)[O-])c2)c2ccccc2O1. The number of hydrogen-bond donors (Lipinski definition) is 1. The summed E-state index contributed by atoms with van der Waals surface area (Å²) in [5, 5.41) is 18.6. The first-order chi connectivity index (χ1) is 16.4. The van der Waals surface area contributed by atoms with Gasteiger partial charge in [0.05, 0.1) is 17.2 Å². The van der Waals surface area contributed by atoms with Crippen LogP contribution in [0.25, 0.3) is 5.69 Å². The Hall–Kier alpha value is -4.28. The molecule has 34 heavy (non-hydrogen) atoms. The molecule has 0 fully saturated rings. The van der Waals surface area contributed by atoms with Gasteiger partial charge in [-0.1, -0.05) is 26.0 Å². The summed E-state index contributed by atoms with van der Waals surface area (Å²) in [7, 11) is 0. The number of benzene rings is 2. The zero-order valence-corrected chi connectivity index (χ0v) is 18.7. The second kappa shape index (κ2) is 9.69. The van der Waals surface area contributed by atoms with E-state index in [1.807, 2.05) is 13.8 Å². The van der Waals surface area contributed by atoms with Crippen LogP contribution in [0.5, 0.6) is 5.75 Å². The Morgan fingerprint density at radius 1 is 1.21 bits per heavy atom. The van der Waals surface area contributed by atoms with Gasteiger partial charge in [-0.3, -0.25) is 19.7 Å². The van der Waals surface area contributed by atoms with Crippen LogP contribution in [0.15, 0.2) is 55.1 Å². The molecule has 0 bridgehead atoms. The van der Waals surface area contributed by atoms with Crippen LogP contribution < -0.4 is 15.0 Å². The smallest absolute Gasteiger partial charge is 0.295 e. The number of amides is 2. The second-order valence-corrected chi connectivity index (χ2v) is 7.81. The summed E-state index contributed by atoms with van der Waals surface area (Å²) in [6.07, 6.45) is 3.24. The molecule has 1 N–H and O–H groups in total. The van der Waals surface area contributed by atoms with Crippen molar-refractivity contribution in [3.05, 3.63) is 70.8 Å². The molecule has 11 nitrogen and oxygen atoms in total. The highest BCUT2D eigenvalue weighted by molar-refractivity contribution is 6.08. The molecule has 3 aromatic rings. The third-order valence-electron chi connectivity index (χ3n) is 5.73. The van der Waals surface area contributed by atoms with Crippen LogP contribution >= 0.6 is 0 Å². The standard InChI is InChI=1S/C23H24N6O5/c1-3-16(4-2)26-22(30)21-12-27(18-7-5-6-8-20(18)34-21)23(31)15-9-10-17(19(11-15)29(32)33)28-14-24-13-25-28/h5-11,13-14,16,21H,3-4,12H2,1-2H3,(H,26,30). The van der Waals surface area contributed by atoms with Crippen LogP contribution in [0.2, 0.25) is 0 Å². The van der Waals surface area contributed by atoms with E-state index in [1.54, 1.807) is 24.3 Å². The number of rotatable bonds is 7. The third-order valence-corrected chi connectivity index (χ3v) is 5.73. The lowest BCUT2D eigenvalue weighted by atomic mass is 10.1. The fourth-order valence-electron chi connectivity index (χ4n) is 3.84. The Bertz CT molecular complexity index is 1210. The number of hydrogen-bond acceptors (Lipinski definition) is 7. The fourth-order valence-corrected chi connectivity index (χ4v) is 3.84. The largest absolute Gasteiger partial charge is 0.477 e. The maximum absolute atomic E-state index is 13.5. The van der Waals surface area contributed by atoms with Gasteiger partial charge in [-0.2, -0.15) is 5.10 Å². The van der Waals surface area contributed by atoms with Crippen molar-refractivity contribution >= 4 is 23.2 Å². The van der Waals surface area contributed by atoms with Gasteiger partial charge in [-0.25, -0.2) is 9.67 Å². The van der Waals surface area contributed by atoms with Crippen molar-refractivity contribution in [2.45, 2.75) is 38.8 Å². The van der Waals surface area contributed by atoms with Crippen LogP contribution in [0.4, 0.5) is 11.4 Å². The topological polar surface area (TPSA) is 132 Å². The van der Waals surface area contributed by atoms with Gasteiger partial charge in [0.15, 0.2) is 6.10 Å². The summed E-state index contributed by atoms with van der Waals surface area (Å²) in [5.74, 6) is -0.404. The normalized spacial score (nSPS) is 14.9. The van der Waals surface area contributed by atoms with Gasteiger partial charge >= 0.3 is 0 Å². The van der Waals surface area contributed by atoms with E-state index in [0.29, 0.717) is 11.4 Å². The van der Waals surface area contributed by atoms with Crippen LogP contribution in [0, 0.1) is 10.1 Å². The third kappa shape index (κ3) is 4.45. The zero-order valence-electron chi connectivity index (χ0n) is 18.7. The van der Waals surface area contributed by atoms with Crippen molar-refractivity contribution < 1.29 is 19.2 Å². The van der Waals surface area contributed by atoms with Gasteiger partial charge in [0.2, 0.25) is 0 Å². The van der Waals surface area contributed by atoms with E-state index in [0.717, 1.165) is 12.8 Å². The van der Waals surface area contributed by atoms with E-state index in [9.17, 15) is 19.7 Å². The van der Waals surface area contributed by atoms with Gasteiger partial charge in [-0.05, 0) is 37.1 Å². The molecule has 1 aliphatic heterocycles. The van der Waals surface area contributed by atoms with Gasteiger partial charge in [0.1, 0.15) is 24.1 Å². The number of nitro benzene ring substituents is 1. The monoisotopic (exact) mass is 464 g/mol. The van der Waals surface area contributed by atoms with Gasteiger partial charge in [0, 0.05) is 17.7 Å². The van der Waals surface area contributed by atoms with Crippen molar-refractivity contribution in [2.24, 2.45) is 0 Å². The molecule has 2 heterocycles. The molecule has 1 unspecified atom stereocenters. The number of carbonyl (C=O) groups excluding carboxylic acids is 2. The van der Waals surface area contributed by atoms with Crippen LogP contribution in [0.1, 0.15) is 37.0 Å². The summed E-state index contributed by atoms with van der Waals surface area (Å²) < 4.78 is 7.16. The molecule has 1 atom stereocenters. The summed E-state index contributed by atoms with van der Waals surface area (Å²) in [6, 6.07) is 11.0. The average Bonchev–Trinajstić information content (AvgIpc) is 3.40. The number of ether oxygens (including phenoxy) is 1. The van der Waals surface area contributed by atoms with E-state index in [1.165, 1.54) is 40.4 Å². The molecule has 0 saturated heterocycles. The van der Waals surface area contributed by atoms with Crippen molar-refractivity contribution in [3.8, 4) is 11.4 Å². The first-order valence-electron chi connectivity index (χ1n) is 10.9. The molecule has 1 aliphatic rings. The summed E-state index contributed by atoms with van der Waals surface area (Å²) in [4.78, 5) is 42.8. The minimum atomic E-state index is -0.913. The van der Waals surface area contributed by atoms with Gasteiger partial charge < -0.3 is 15.0 Å². The average molecular weight is 464 g/mol. The van der Waals surface area contributed by atoms with E-state index >= 15 is 0 Å². The minimum Gasteiger partial charge on any atom is -0.477 e. The molecule has 2 amide bonds. The number of nitrogens with one attached hydrogen (secondary N) is 1. The molecule has 4 rings (SSSR count). The van der Waals surface area contributed by atoms with Crippen molar-refractivity contribution in [3.63, 3.8) is 0 Å². The van der Waals surface area contributed by atoms with Crippen LogP contribution in [-0.2, 0) is 4.79 Å². The van der Waals surface area contributed by atoms with E-state index in [-0.39, 0.29) is 35.4 Å². The number of aromatic nitrogens is 3. The Morgan fingerprint density at radius 2 is 1.97 bits per heavy atom. The lowest BCUT2D eigenvalue weighted by Gasteiger charge is -2.34. The van der Waals surface area contributed by atoms with E-state index < -0.39 is 16.9 Å². The number of para-hydroxylation sites is 2. The second-order valence-electron chi connectivity index (χ2n) is 7.81. The molecule has 11 heteroatoms. The number of nitro groups is 1. The maximum atomic E-state index is 13.5. The predicted octanol–water partition coefficient (Wildman–Crippen LogP) is 2.89. The lowest BCUT2D eigenvalue weighted by Crippen LogP contribution is -2.52. The highest BCUT2D eigenvalue weighted by atomic mass is 16.6. The summed E-state index contributed by atoms with van der Waals surface area (Å²) in [5.41, 5.74) is 0.485. The molecular weight excluding hydrogens is 440 g/mol. The van der Waals surface area contributed by atoms with Crippen LogP contribution in [0.3, 0.4) is 0 Å². The number of fused-ring (bicyclic) bond motifs is 1. The van der Waals surface area contributed by atoms with Crippen molar-refractivity contribution in [1.82, 2.24) is 20.1 Å². The highest BCUT2D eigenvalue weighted by Gasteiger charge is 2.35. The Balaban J connectivity index is 1.67. The minimum absolute atomic E-state index is 0.00408. The molecular formula is C23H24N6O5. The predicted molar refractivity (Wildman–Crippen MR) is 123 cm³/mol. The first-order valence-corrected chi connectivity index (χ1v) is 10.9. The fraction of sp³-hybridized carbons (Fsp3) is 0.304. The molecule has 0 aliphatic carbocycles. The first kappa shape index (κ1) is 22.9. The Kier molecular flexibility index (Phi) is 6.53. The van der Waals surface area contributed by atoms with E-state index in [4.69, 9.17) is 4.74 Å². The number of anilines is 1. The Labute approximate surface area is 195 Å². The molecule has 0 spiro atoms. The lowest BCUT2D eigenvalue weighted by molar-refractivity contribution is -0.384. The van der Waals surface area contributed by atoms with E-state index in [2.05, 4.69) is 15.4 Å². The maximum Gasteiger partial charge on any atom is 0.295 e. The molecule has 1 aromatic heterocycles. The zero-order chi connectivity index (χ0) is 24.2. The van der Waals surface area contributed by atoms with Gasteiger partial charge in [-0.15, -0.1) is 0 Å². The molecule has 176 valence electrons.